The zero-order valence-corrected chi connectivity index (χ0v) is 16.0. The highest BCUT2D eigenvalue weighted by atomic mass is 32.2. The highest BCUT2D eigenvalue weighted by Crippen LogP contribution is 2.33. The second-order valence-electron chi connectivity index (χ2n) is 6.63. The van der Waals surface area contributed by atoms with Gasteiger partial charge in [-0.05, 0) is 30.2 Å². The summed E-state index contributed by atoms with van der Waals surface area (Å²) in [7, 11) is -3.85. The zero-order chi connectivity index (χ0) is 19.6. The second-order valence-corrected chi connectivity index (χ2v) is 8.28. The number of sulfonamides is 1. The maximum atomic E-state index is 13.2. The van der Waals surface area contributed by atoms with Crippen LogP contribution in [-0.2, 0) is 14.8 Å². The average Bonchev–Trinajstić information content (AvgIpc) is 3.14. The van der Waals surface area contributed by atoms with Crippen LogP contribution in [-0.4, -0.2) is 20.9 Å². The summed E-state index contributed by atoms with van der Waals surface area (Å²) >= 11 is 0. The molecule has 1 aliphatic rings. The van der Waals surface area contributed by atoms with Crippen LogP contribution >= 0.6 is 0 Å². The van der Waals surface area contributed by atoms with E-state index < -0.39 is 10.0 Å². The van der Waals surface area contributed by atoms with Crippen molar-refractivity contribution < 1.29 is 13.2 Å². The Morgan fingerprint density at radius 3 is 2.25 bits per heavy atom. The lowest BCUT2D eigenvalue weighted by Gasteiger charge is -2.21. The number of hydrogen-bond donors (Lipinski definition) is 1. The number of nitrogens with zero attached hydrogens (tertiary/aromatic N) is 1. The fourth-order valence-electron chi connectivity index (χ4n) is 3.46. The molecule has 0 bridgehead atoms. The van der Waals surface area contributed by atoms with Crippen LogP contribution in [0.25, 0.3) is 11.1 Å². The number of amides is 1. The molecule has 1 amide bonds. The van der Waals surface area contributed by atoms with Crippen LogP contribution in [0.1, 0.15) is 12.8 Å². The molecule has 0 aromatic heterocycles. The van der Waals surface area contributed by atoms with Gasteiger partial charge in [0.05, 0.1) is 16.3 Å². The molecule has 28 heavy (non-hydrogen) atoms. The third-order valence-corrected chi connectivity index (χ3v) is 6.20. The van der Waals surface area contributed by atoms with Gasteiger partial charge in [0.2, 0.25) is 5.91 Å². The minimum atomic E-state index is -3.85. The predicted molar refractivity (Wildman–Crippen MR) is 111 cm³/mol. The van der Waals surface area contributed by atoms with Crippen molar-refractivity contribution in [2.45, 2.75) is 17.7 Å². The maximum absolute atomic E-state index is 13.2. The van der Waals surface area contributed by atoms with Crippen molar-refractivity contribution in [2.24, 2.45) is 0 Å². The molecule has 4 rings (SSSR count). The molecule has 1 fully saturated rings. The first-order valence-electron chi connectivity index (χ1n) is 9.13. The normalized spacial score (nSPS) is 14.3. The average molecular weight is 392 g/mol. The van der Waals surface area contributed by atoms with Gasteiger partial charge in [-0.2, -0.15) is 0 Å². The van der Waals surface area contributed by atoms with Crippen molar-refractivity contribution >= 4 is 27.3 Å². The van der Waals surface area contributed by atoms with E-state index in [2.05, 4.69) is 4.72 Å². The van der Waals surface area contributed by atoms with E-state index in [-0.39, 0.29) is 10.8 Å². The summed E-state index contributed by atoms with van der Waals surface area (Å²) in [6.45, 7) is 0.595. The van der Waals surface area contributed by atoms with Crippen molar-refractivity contribution in [3.8, 4) is 11.1 Å². The maximum Gasteiger partial charge on any atom is 0.262 e. The number of carbonyl (C=O) groups is 1. The quantitative estimate of drug-likeness (QED) is 0.705. The number of para-hydroxylation sites is 2. The van der Waals surface area contributed by atoms with E-state index >= 15 is 0 Å². The first-order chi connectivity index (χ1) is 13.6. The molecule has 0 unspecified atom stereocenters. The summed E-state index contributed by atoms with van der Waals surface area (Å²) < 4.78 is 29.1. The summed E-state index contributed by atoms with van der Waals surface area (Å²) in [6, 6.07) is 23.3. The minimum Gasteiger partial charge on any atom is -0.310 e. The Labute approximate surface area is 164 Å². The number of hydrogen-bond acceptors (Lipinski definition) is 3. The highest BCUT2D eigenvalue weighted by molar-refractivity contribution is 7.92. The van der Waals surface area contributed by atoms with Gasteiger partial charge in [0.25, 0.3) is 10.0 Å². The molecule has 3 aromatic rings. The Kier molecular flexibility index (Phi) is 4.88. The lowest BCUT2D eigenvalue weighted by Crippen LogP contribution is -2.25. The van der Waals surface area contributed by atoms with Gasteiger partial charge in [-0.3, -0.25) is 9.52 Å². The van der Waals surface area contributed by atoms with Crippen molar-refractivity contribution in [1.82, 2.24) is 0 Å². The van der Waals surface area contributed by atoms with E-state index in [1.807, 2.05) is 36.4 Å². The highest BCUT2D eigenvalue weighted by Gasteiger charge is 2.26. The molecule has 0 radical (unpaired) electrons. The Morgan fingerprint density at radius 1 is 0.821 bits per heavy atom. The first-order valence-corrected chi connectivity index (χ1v) is 10.6. The molecule has 0 aliphatic carbocycles. The van der Waals surface area contributed by atoms with Gasteiger partial charge in [-0.25, -0.2) is 8.42 Å². The Bertz CT molecular complexity index is 1110. The van der Waals surface area contributed by atoms with E-state index in [1.165, 1.54) is 0 Å². The molecule has 3 aromatic carbocycles. The van der Waals surface area contributed by atoms with Crippen LogP contribution in [0.2, 0.25) is 0 Å². The van der Waals surface area contributed by atoms with Gasteiger partial charge >= 0.3 is 0 Å². The molecule has 5 nitrogen and oxygen atoms in total. The molecule has 1 N–H and O–H groups in total. The molecule has 0 atom stereocenters. The molecular weight excluding hydrogens is 372 g/mol. The largest absolute Gasteiger partial charge is 0.310 e. The van der Waals surface area contributed by atoms with E-state index in [4.69, 9.17) is 0 Å². The minimum absolute atomic E-state index is 0.0105. The molecule has 0 saturated carbocycles. The molecule has 142 valence electrons. The summed E-state index contributed by atoms with van der Waals surface area (Å²) in [4.78, 5) is 14.0. The van der Waals surface area contributed by atoms with Crippen molar-refractivity contribution in [2.75, 3.05) is 16.2 Å². The topological polar surface area (TPSA) is 66.5 Å². The van der Waals surface area contributed by atoms with Crippen LogP contribution < -0.4 is 9.62 Å². The Morgan fingerprint density at radius 2 is 1.50 bits per heavy atom. The van der Waals surface area contributed by atoms with Gasteiger partial charge in [0, 0.05) is 18.5 Å². The summed E-state index contributed by atoms with van der Waals surface area (Å²) in [5.41, 5.74) is 2.45. The lowest BCUT2D eigenvalue weighted by atomic mass is 10.1. The number of nitrogens with one attached hydrogen (secondary N) is 1. The van der Waals surface area contributed by atoms with Crippen LogP contribution in [0, 0.1) is 0 Å². The van der Waals surface area contributed by atoms with Crippen molar-refractivity contribution in [3.05, 3.63) is 78.9 Å². The number of anilines is 2. The van der Waals surface area contributed by atoms with Gasteiger partial charge < -0.3 is 4.90 Å². The first kappa shape index (κ1) is 18.3. The van der Waals surface area contributed by atoms with Crippen LogP contribution in [0.15, 0.2) is 83.8 Å². The van der Waals surface area contributed by atoms with Crippen LogP contribution in [0.3, 0.4) is 0 Å². The second kappa shape index (κ2) is 7.48. The van der Waals surface area contributed by atoms with Crippen LogP contribution in [0.5, 0.6) is 0 Å². The van der Waals surface area contributed by atoms with Gasteiger partial charge in [0.15, 0.2) is 0 Å². The molecular formula is C22H20N2O3S. The van der Waals surface area contributed by atoms with E-state index in [1.54, 1.807) is 47.4 Å². The summed E-state index contributed by atoms with van der Waals surface area (Å²) in [5, 5.41) is 0. The Balaban J connectivity index is 1.74. The Hall–Kier alpha value is -3.12. The van der Waals surface area contributed by atoms with Crippen molar-refractivity contribution in [1.29, 1.82) is 0 Å². The predicted octanol–water partition coefficient (Wildman–Crippen LogP) is 4.28. The SMILES string of the molecule is O=C1CCCN1c1ccccc1NS(=O)(=O)c1ccccc1-c1ccccc1. The molecule has 1 saturated heterocycles. The fraction of sp³-hybridized carbons (Fsp3) is 0.136. The van der Waals surface area contributed by atoms with E-state index in [0.717, 1.165) is 12.0 Å². The monoisotopic (exact) mass is 392 g/mol. The smallest absolute Gasteiger partial charge is 0.262 e. The van der Waals surface area contributed by atoms with Gasteiger partial charge in [0.1, 0.15) is 0 Å². The number of benzene rings is 3. The number of rotatable bonds is 5. The summed E-state index contributed by atoms with van der Waals surface area (Å²) in [6.07, 6.45) is 1.26. The molecule has 6 heteroatoms. The molecule has 0 spiro atoms. The lowest BCUT2D eigenvalue weighted by molar-refractivity contribution is -0.117. The molecule has 1 aliphatic heterocycles. The van der Waals surface area contributed by atoms with Crippen LogP contribution in [0.4, 0.5) is 11.4 Å². The van der Waals surface area contributed by atoms with E-state index in [9.17, 15) is 13.2 Å². The zero-order valence-electron chi connectivity index (χ0n) is 15.2. The standard InChI is InChI=1S/C22H20N2O3S/c25-22-15-8-16-24(22)20-13-6-5-12-19(20)23-28(26,27)21-14-7-4-11-18(21)17-9-2-1-3-10-17/h1-7,9-14,23H,8,15-16H2. The third-order valence-electron chi connectivity index (χ3n) is 4.77. The fourth-order valence-corrected chi connectivity index (χ4v) is 4.76. The summed E-state index contributed by atoms with van der Waals surface area (Å²) in [5.74, 6) is 0.0105. The third kappa shape index (κ3) is 3.51. The molecule has 1 heterocycles. The number of carbonyl (C=O) groups excluding carboxylic acids is 1. The van der Waals surface area contributed by atoms with Gasteiger partial charge in [-0.1, -0.05) is 60.7 Å². The van der Waals surface area contributed by atoms with E-state index in [0.29, 0.717) is 29.9 Å². The van der Waals surface area contributed by atoms with Crippen molar-refractivity contribution in [3.63, 3.8) is 0 Å². The van der Waals surface area contributed by atoms with Gasteiger partial charge in [-0.15, -0.1) is 0 Å².